The molecule has 0 amide bonds. The highest BCUT2D eigenvalue weighted by Crippen LogP contribution is 2.82. The van der Waals surface area contributed by atoms with Crippen LogP contribution in [0.1, 0.15) is 6.42 Å². The molecule has 0 aromatic rings. The first-order valence-corrected chi connectivity index (χ1v) is 8.56. The Morgan fingerprint density at radius 2 is 1.15 bits per heavy atom. The predicted molar refractivity (Wildman–Crippen MR) is 80.9 cm³/mol. The Balaban J connectivity index is 1.98. The minimum atomic E-state index is -1.58. The molecule has 2 N–H and O–H groups in total. The summed E-state index contributed by atoms with van der Waals surface area (Å²) in [6.07, 6.45) is -1.09. The Morgan fingerprint density at radius 3 is 1.50 bits per heavy atom. The molecule has 3 fully saturated rings. The van der Waals surface area contributed by atoms with Crippen LogP contribution in [0.4, 0.5) is 0 Å². The molecule has 0 aromatic carbocycles. The third kappa shape index (κ3) is 1.16. The molecule has 112 valence electrons. The van der Waals surface area contributed by atoms with Crippen molar-refractivity contribution in [1.29, 1.82) is 0 Å². The van der Waals surface area contributed by atoms with Gasteiger partial charge in [0.2, 0.25) is 0 Å². The second-order valence-electron chi connectivity index (χ2n) is 6.22. The van der Waals surface area contributed by atoms with Crippen molar-refractivity contribution < 1.29 is 10.2 Å². The van der Waals surface area contributed by atoms with Crippen LogP contribution in [-0.4, -0.2) is 36.5 Å². The first-order valence-electron chi connectivity index (χ1n) is 6.29. The molecule has 2 nitrogen and oxygen atoms in total. The summed E-state index contributed by atoms with van der Waals surface area (Å²) in [6.45, 7) is 0. The Hall–Kier alpha value is 1.40. The fraction of sp³-hybridized carbons (Fsp3) is 0.833. The maximum Gasteiger partial charge on any atom is 0.166 e. The van der Waals surface area contributed by atoms with Gasteiger partial charge in [-0.25, -0.2) is 0 Å². The van der Waals surface area contributed by atoms with E-state index in [1.165, 1.54) is 0 Å². The van der Waals surface area contributed by atoms with E-state index in [2.05, 4.69) is 0 Å². The summed E-state index contributed by atoms with van der Waals surface area (Å²) < 4.78 is -1.58. The zero-order valence-electron chi connectivity index (χ0n) is 9.83. The second kappa shape index (κ2) is 3.89. The summed E-state index contributed by atoms with van der Waals surface area (Å²) in [4.78, 5) is -2.64. The molecular weight excluding hydrogens is 389 g/mol. The second-order valence-corrected chi connectivity index (χ2v) is 9.50. The minimum absolute atomic E-state index is 0.163. The first-order chi connectivity index (χ1) is 9.11. The molecule has 0 heterocycles. The molecule has 8 heteroatoms. The van der Waals surface area contributed by atoms with E-state index in [-0.39, 0.29) is 33.7 Å². The van der Waals surface area contributed by atoms with Gasteiger partial charge < -0.3 is 10.2 Å². The fourth-order valence-electron chi connectivity index (χ4n) is 5.01. The highest BCUT2D eigenvalue weighted by atomic mass is 35.5. The van der Waals surface area contributed by atoms with Crippen LogP contribution >= 0.6 is 69.6 Å². The van der Waals surface area contributed by atoms with Crippen LogP contribution in [0.3, 0.4) is 0 Å². The van der Waals surface area contributed by atoms with Crippen molar-refractivity contribution in [2.24, 2.45) is 23.7 Å². The van der Waals surface area contributed by atoms with Gasteiger partial charge in [0, 0.05) is 0 Å². The topological polar surface area (TPSA) is 40.5 Å². The summed E-state index contributed by atoms with van der Waals surface area (Å²) in [5.74, 6) is -1.05. The molecule has 4 aliphatic rings. The average molecular weight is 399 g/mol. The quantitative estimate of drug-likeness (QED) is 0.484. The lowest BCUT2D eigenvalue weighted by molar-refractivity contribution is -0.0559. The van der Waals surface area contributed by atoms with Crippen molar-refractivity contribution in [3.8, 4) is 0 Å². The van der Waals surface area contributed by atoms with Crippen molar-refractivity contribution in [3.05, 3.63) is 10.1 Å². The number of halogens is 6. The third-order valence-corrected chi connectivity index (χ3v) is 10.0. The number of allylic oxidation sites excluding steroid dienone is 2. The number of aliphatic hydroxyl groups excluding tert-OH is 2. The Kier molecular flexibility index (Phi) is 2.91. The van der Waals surface area contributed by atoms with Gasteiger partial charge in [-0.15, -0.1) is 23.2 Å². The lowest BCUT2D eigenvalue weighted by Gasteiger charge is -2.42. The van der Waals surface area contributed by atoms with Crippen LogP contribution < -0.4 is 0 Å². The molecule has 0 saturated heterocycles. The Morgan fingerprint density at radius 1 is 0.800 bits per heavy atom. The largest absolute Gasteiger partial charge is 0.390 e. The van der Waals surface area contributed by atoms with E-state index in [1.54, 1.807) is 0 Å². The first kappa shape index (κ1) is 15.0. The molecule has 3 saturated carbocycles. The molecule has 8 atom stereocenters. The molecule has 0 aliphatic heterocycles. The molecule has 0 radical (unpaired) electrons. The number of rotatable bonds is 0. The van der Waals surface area contributed by atoms with E-state index in [0.29, 0.717) is 6.42 Å². The number of hydrogen-bond acceptors (Lipinski definition) is 2. The van der Waals surface area contributed by atoms with Crippen molar-refractivity contribution in [2.75, 3.05) is 0 Å². The zero-order chi connectivity index (χ0) is 14.8. The molecule has 4 aliphatic carbocycles. The van der Waals surface area contributed by atoms with Gasteiger partial charge in [0.25, 0.3) is 0 Å². The normalized spacial score (nSPS) is 62.4. The highest BCUT2D eigenvalue weighted by molar-refractivity contribution is 6.65. The summed E-state index contributed by atoms with van der Waals surface area (Å²) in [7, 11) is 0. The van der Waals surface area contributed by atoms with E-state index >= 15 is 0 Å². The van der Waals surface area contributed by atoms with E-state index < -0.39 is 26.3 Å². The van der Waals surface area contributed by atoms with Gasteiger partial charge in [0.05, 0.1) is 22.3 Å². The van der Waals surface area contributed by atoms with Crippen molar-refractivity contribution in [1.82, 2.24) is 0 Å². The van der Waals surface area contributed by atoms with Gasteiger partial charge in [-0.05, 0) is 30.1 Å². The van der Waals surface area contributed by atoms with Crippen LogP contribution in [0.5, 0.6) is 0 Å². The van der Waals surface area contributed by atoms with Crippen LogP contribution in [0.15, 0.2) is 10.1 Å². The summed E-state index contributed by atoms with van der Waals surface area (Å²) >= 11 is 39.0. The number of alkyl halides is 4. The Bertz CT molecular complexity index is 506. The molecule has 20 heavy (non-hydrogen) atoms. The van der Waals surface area contributed by atoms with E-state index in [9.17, 15) is 10.2 Å². The summed E-state index contributed by atoms with van der Waals surface area (Å²) in [6, 6.07) is 0. The number of aliphatic hydroxyl groups is 2. The fourth-order valence-corrected chi connectivity index (χ4v) is 8.14. The molecular formula is C12H10Cl6O2. The Labute approximate surface area is 145 Å². The van der Waals surface area contributed by atoms with E-state index in [0.717, 1.165) is 0 Å². The van der Waals surface area contributed by atoms with Crippen LogP contribution in [0, 0.1) is 23.7 Å². The maximum absolute atomic E-state index is 10.2. The van der Waals surface area contributed by atoms with Crippen LogP contribution in [-0.2, 0) is 0 Å². The monoisotopic (exact) mass is 396 g/mol. The summed E-state index contributed by atoms with van der Waals surface area (Å²) in [5, 5.41) is 20.6. The van der Waals surface area contributed by atoms with E-state index in [1.807, 2.05) is 0 Å². The van der Waals surface area contributed by atoms with Gasteiger partial charge in [0.1, 0.15) is 9.75 Å². The van der Waals surface area contributed by atoms with Crippen molar-refractivity contribution >= 4 is 69.6 Å². The van der Waals surface area contributed by atoms with Gasteiger partial charge in [0.15, 0.2) is 4.33 Å². The average Bonchev–Trinajstić information content (AvgIpc) is 2.97. The predicted octanol–water partition coefficient (Wildman–Crippen LogP) is 3.44. The molecule has 0 spiro atoms. The molecule has 0 aromatic heterocycles. The van der Waals surface area contributed by atoms with E-state index in [4.69, 9.17) is 69.6 Å². The molecule has 4 bridgehead atoms. The lowest BCUT2D eigenvalue weighted by Crippen LogP contribution is -2.50. The zero-order valence-corrected chi connectivity index (χ0v) is 14.4. The smallest absolute Gasteiger partial charge is 0.166 e. The standard InChI is InChI=1S/C12H10Cl6O2/c13-8-9(14)11(16)5-3-1-2(6(19)7(3)20)4(5)10(8,15)12(11,17)18/h2-7,19-20H,1H2/t2-,3+,4-,5-,6?,7?,10-,11+/m0/s1. The van der Waals surface area contributed by atoms with Gasteiger partial charge >= 0.3 is 0 Å². The van der Waals surface area contributed by atoms with Gasteiger partial charge in [-0.3, -0.25) is 0 Å². The molecule has 4 rings (SSSR count). The lowest BCUT2D eigenvalue weighted by atomic mass is 9.70. The van der Waals surface area contributed by atoms with Crippen molar-refractivity contribution in [3.63, 3.8) is 0 Å². The maximum atomic E-state index is 10.2. The van der Waals surface area contributed by atoms with Crippen molar-refractivity contribution in [2.45, 2.75) is 32.7 Å². The highest BCUT2D eigenvalue weighted by Gasteiger charge is 2.87. The number of hydrogen-bond donors (Lipinski definition) is 2. The minimum Gasteiger partial charge on any atom is -0.390 e. The molecule has 2 unspecified atom stereocenters. The SMILES string of the molecule is OC1C(O)[C@@H]2C[C@H]1[C@H]1[C@H]2[C@@]2(Cl)C(Cl)=C(Cl)[C@]1(Cl)C2(Cl)Cl. The third-order valence-electron chi connectivity index (χ3n) is 5.75. The summed E-state index contributed by atoms with van der Waals surface area (Å²) in [5.41, 5.74) is 0. The number of fused-ring (bicyclic) bond motifs is 9. The van der Waals surface area contributed by atoms with Crippen LogP contribution in [0.2, 0.25) is 0 Å². The van der Waals surface area contributed by atoms with Crippen LogP contribution in [0.25, 0.3) is 0 Å². The van der Waals surface area contributed by atoms with Gasteiger partial charge in [-0.1, -0.05) is 46.4 Å². The van der Waals surface area contributed by atoms with Gasteiger partial charge in [-0.2, -0.15) is 0 Å².